The Kier molecular flexibility index (Phi) is 127. The van der Waals surface area contributed by atoms with Gasteiger partial charge in [-0.25, -0.2) is 0 Å². The number of rotatable bonds is 0. The molecule has 0 fully saturated rings. The van der Waals surface area contributed by atoms with Crippen molar-refractivity contribution < 1.29 is 79.4 Å². The molecule has 0 unspecified atom stereocenters. The molecule has 0 N–H and O–H groups in total. The summed E-state index contributed by atoms with van der Waals surface area (Å²) in [5, 5.41) is 0. The van der Waals surface area contributed by atoms with Crippen molar-refractivity contribution in [3.8, 4) is 0 Å². The summed E-state index contributed by atoms with van der Waals surface area (Å²) in [7, 11) is 0. The second-order valence-electron chi connectivity index (χ2n) is 0. The van der Waals surface area contributed by atoms with Crippen molar-refractivity contribution in [3.05, 3.63) is 0 Å². The fourth-order valence-corrected chi connectivity index (χ4v) is 0. The van der Waals surface area contributed by atoms with Gasteiger partial charge < -0.3 is 23.3 Å². The summed E-state index contributed by atoms with van der Waals surface area (Å²) < 4.78 is 0. The number of hydrogen-bond acceptors (Lipinski definition) is 2. The van der Waals surface area contributed by atoms with Crippen LogP contribution in [0.2, 0.25) is 0 Å². The Bertz CT molecular complexity index is 7.61. The average Bonchev–Trinajstić information content (AvgIpc) is 1.00. The maximum atomic E-state index is 3.67. The first-order valence-electron chi connectivity index (χ1n) is 0.167. The van der Waals surface area contributed by atoms with Crippen molar-refractivity contribution in [1.29, 1.82) is 0 Å². The molecule has 38 valence electrons. The molecule has 0 saturated carbocycles. The normalized spacial score (nSPS) is 1.20. The molecule has 0 atom stereocenters. The summed E-state index contributed by atoms with van der Waals surface area (Å²) in [4.78, 5) is 0. The minimum atomic E-state index is 0. The van der Waals surface area contributed by atoms with Crippen molar-refractivity contribution >= 4 is 23.3 Å². The molecule has 0 rings (SSSR count). The predicted molar refractivity (Wildman–Crippen MR) is 14.7 cm³/mol. The van der Waals surface area contributed by atoms with Crippen LogP contribution in [0.4, 0.5) is 0 Å². The van der Waals surface area contributed by atoms with Gasteiger partial charge in [-0.2, -0.15) is 0 Å². The Morgan fingerprint density at radius 2 is 0.800 bits per heavy atom. The molecule has 0 saturated heterocycles. The van der Waals surface area contributed by atoms with Crippen LogP contribution in [-0.2, 0) is 65.5 Å². The molecule has 0 nitrogen and oxygen atoms in total. The second-order valence-corrected chi connectivity index (χ2v) is 0. The molecule has 0 heterocycles. The van der Waals surface area contributed by atoms with Gasteiger partial charge in [0.2, 0.25) is 0 Å². The van der Waals surface area contributed by atoms with Crippen LogP contribution in [0.5, 0.6) is 0 Å². The Labute approximate surface area is 101 Å². The van der Waals surface area contributed by atoms with E-state index in [2.05, 4.69) is 23.3 Å². The largest absolute Gasteiger partial charge is 1.00 e. The summed E-state index contributed by atoms with van der Waals surface area (Å²) in [5.74, 6) is 0. The molecule has 0 spiro atoms. The Morgan fingerprint density at radius 1 is 0.800 bits per heavy atom. The van der Waals surface area contributed by atoms with Gasteiger partial charge in [0.15, 0.2) is 0 Å². The zero-order valence-corrected chi connectivity index (χ0v) is 9.42. The van der Waals surface area contributed by atoms with Crippen LogP contribution in [0.15, 0.2) is 0 Å². The molecule has 5 heteroatoms. The standard InChI is InChI=1S/Er.2Mo.S2/c;;;1-2/q;;;-2. The molecule has 0 bridgehead atoms. The van der Waals surface area contributed by atoms with Crippen molar-refractivity contribution in [3.63, 3.8) is 0 Å². The third kappa shape index (κ3) is 18.8. The molecule has 5 heavy (non-hydrogen) atoms. The van der Waals surface area contributed by atoms with E-state index in [4.69, 9.17) is 0 Å². The van der Waals surface area contributed by atoms with E-state index in [1.165, 1.54) is 0 Å². The Balaban J connectivity index is -0.00000000167. The van der Waals surface area contributed by atoms with Crippen molar-refractivity contribution in [2.45, 2.75) is 0 Å². The van der Waals surface area contributed by atoms with Gasteiger partial charge in [0, 0.05) is 79.4 Å². The van der Waals surface area contributed by atoms with Crippen LogP contribution in [-0.4, -0.2) is 0 Å². The van der Waals surface area contributed by atoms with Crippen molar-refractivity contribution in [1.82, 2.24) is 0 Å². The minimum absolute atomic E-state index is 0. The first-order valence-corrected chi connectivity index (χ1v) is 1.50. The van der Waals surface area contributed by atoms with Crippen molar-refractivity contribution in [2.75, 3.05) is 0 Å². The van der Waals surface area contributed by atoms with E-state index in [0.29, 0.717) is 0 Å². The summed E-state index contributed by atoms with van der Waals surface area (Å²) in [6.45, 7) is 0. The third-order valence-corrected chi connectivity index (χ3v) is 0. The summed E-state index contributed by atoms with van der Waals surface area (Å²) >= 11 is 7.33. The van der Waals surface area contributed by atoms with Gasteiger partial charge in [-0.1, -0.05) is 0 Å². The Hall–Kier alpha value is 3.32. The molecular formula is ErMo2S2-2. The van der Waals surface area contributed by atoms with Gasteiger partial charge in [-0.15, -0.1) is 0 Å². The fraction of sp³-hybridized carbons (Fsp3) is 0. The molecule has 0 aromatic rings. The van der Waals surface area contributed by atoms with Crippen molar-refractivity contribution in [2.24, 2.45) is 0 Å². The predicted octanol–water partition coefficient (Wildman–Crippen LogP) is -0.00980. The average molecular weight is 423 g/mol. The molecule has 0 aliphatic heterocycles. The van der Waals surface area contributed by atoms with E-state index in [9.17, 15) is 0 Å². The van der Waals surface area contributed by atoms with Crippen LogP contribution in [0, 0.1) is 37.3 Å². The van der Waals surface area contributed by atoms with E-state index in [1.807, 2.05) is 0 Å². The zero-order chi connectivity index (χ0) is 2.00. The van der Waals surface area contributed by atoms with Crippen LogP contribution >= 0.6 is 0 Å². The smallest absolute Gasteiger partial charge is 0 e. The maximum absolute atomic E-state index is 3.67. The van der Waals surface area contributed by atoms with Crippen LogP contribution in [0.25, 0.3) is 0 Å². The molecular weight excluding hydrogens is 423 g/mol. The van der Waals surface area contributed by atoms with E-state index < -0.39 is 0 Å². The summed E-state index contributed by atoms with van der Waals surface area (Å²) in [6.07, 6.45) is 0. The SMILES string of the molecule is [Er].[Mo].[Mo].[S-][S-]. The quantitative estimate of drug-likeness (QED) is 0.306. The van der Waals surface area contributed by atoms with Gasteiger partial charge >= 0.3 is 0 Å². The molecule has 0 aliphatic carbocycles. The fourth-order valence-electron chi connectivity index (χ4n) is 0. The van der Waals surface area contributed by atoms with Crippen LogP contribution in [0.3, 0.4) is 0 Å². The van der Waals surface area contributed by atoms with Gasteiger partial charge in [0.25, 0.3) is 0 Å². The molecule has 0 aromatic carbocycles. The van der Waals surface area contributed by atoms with E-state index in [1.54, 1.807) is 0 Å². The van der Waals surface area contributed by atoms with Gasteiger partial charge in [-0.05, 0) is 0 Å². The maximum Gasteiger partial charge on any atom is 0 e. The second kappa shape index (κ2) is 26.5. The molecule has 0 aliphatic rings. The van der Waals surface area contributed by atoms with Gasteiger partial charge in [-0.3, -0.25) is 0 Å². The summed E-state index contributed by atoms with van der Waals surface area (Å²) in [5.41, 5.74) is 0. The third-order valence-electron chi connectivity index (χ3n) is 0. The molecule has 0 aromatic heterocycles. The first-order chi connectivity index (χ1) is 1.00. The van der Waals surface area contributed by atoms with E-state index in [-0.39, 0.29) is 79.4 Å². The zero-order valence-electron chi connectivity index (χ0n) is 1.92. The van der Waals surface area contributed by atoms with E-state index in [0.717, 1.165) is 0 Å². The molecule has 0 amide bonds. The minimum Gasteiger partial charge on any atom is -1.00 e. The first kappa shape index (κ1) is 23.9. The van der Waals surface area contributed by atoms with Crippen LogP contribution < -0.4 is 0 Å². The Morgan fingerprint density at radius 3 is 0.800 bits per heavy atom. The monoisotopic (exact) mass is 426 g/mol. The topological polar surface area (TPSA) is 0 Å². The summed E-state index contributed by atoms with van der Waals surface area (Å²) in [6, 6.07) is 0. The van der Waals surface area contributed by atoms with Gasteiger partial charge in [0.1, 0.15) is 0 Å². The van der Waals surface area contributed by atoms with E-state index >= 15 is 0 Å². The van der Waals surface area contributed by atoms with Crippen LogP contribution in [0.1, 0.15) is 0 Å². The number of hydrogen-bond donors (Lipinski definition) is 0. The van der Waals surface area contributed by atoms with Gasteiger partial charge in [0.05, 0.1) is 0 Å². The molecule has 0 radical (unpaired) electrons.